The Bertz CT molecular complexity index is 359. The quantitative estimate of drug-likeness (QED) is 0.604. The minimum absolute atomic E-state index is 0.0152. The van der Waals surface area contributed by atoms with Gasteiger partial charge in [-0.1, -0.05) is 30.1 Å². The van der Waals surface area contributed by atoms with E-state index in [1.54, 1.807) is 0 Å². The molecule has 0 fully saturated rings. The van der Waals surface area contributed by atoms with E-state index in [4.69, 9.17) is 27.9 Å². The van der Waals surface area contributed by atoms with Crippen molar-refractivity contribution in [3.8, 4) is 5.75 Å². The van der Waals surface area contributed by atoms with Crippen molar-refractivity contribution < 1.29 is 9.66 Å². The number of halogens is 2. The van der Waals surface area contributed by atoms with Crippen LogP contribution < -0.4 is 4.74 Å². The maximum absolute atomic E-state index is 10.6. The summed E-state index contributed by atoms with van der Waals surface area (Å²) in [5.41, 5.74) is -0.290. The van der Waals surface area contributed by atoms with Crippen LogP contribution in [-0.2, 0) is 0 Å². The van der Waals surface area contributed by atoms with Gasteiger partial charge in [0, 0.05) is 12.1 Å². The van der Waals surface area contributed by atoms with Crippen LogP contribution in [0, 0.1) is 10.1 Å². The average Bonchev–Trinajstić information content (AvgIpc) is 2.12. The summed E-state index contributed by atoms with van der Waals surface area (Å²) in [6.45, 7) is 2.47. The number of nitro benzene ring substituents is 1. The predicted octanol–water partition coefficient (Wildman–Crippen LogP) is 3.69. The van der Waals surface area contributed by atoms with Crippen molar-refractivity contribution in [3.63, 3.8) is 0 Å². The molecule has 1 rings (SSSR count). The number of benzene rings is 1. The van der Waals surface area contributed by atoms with Crippen LogP contribution in [0.15, 0.2) is 12.1 Å². The lowest BCUT2D eigenvalue weighted by molar-refractivity contribution is -0.384. The third kappa shape index (κ3) is 2.97. The number of hydrogen-bond acceptors (Lipinski definition) is 3. The van der Waals surface area contributed by atoms with E-state index in [2.05, 4.69) is 0 Å². The van der Waals surface area contributed by atoms with Crippen molar-refractivity contribution in [2.75, 3.05) is 6.61 Å². The Kier molecular flexibility index (Phi) is 4.17. The summed E-state index contributed by atoms with van der Waals surface area (Å²) in [7, 11) is 0. The van der Waals surface area contributed by atoms with Crippen LogP contribution in [0.1, 0.15) is 13.3 Å². The first kappa shape index (κ1) is 12.1. The fraction of sp³-hybridized carbons (Fsp3) is 0.333. The van der Waals surface area contributed by atoms with Crippen LogP contribution in [0.3, 0.4) is 0 Å². The summed E-state index contributed by atoms with van der Waals surface area (Å²) in [6.07, 6.45) is 0.840. The maximum Gasteiger partial charge on any atom is 0.306 e. The highest BCUT2D eigenvalue weighted by Gasteiger charge is 2.19. The monoisotopic (exact) mass is 249 g/mol. The molecule has 0 aliphatic carbocycles. The van der Waals surface area contributed by atoms with Crippen molar-refractivity contribution >= 4 is 28.9 Å². The van der Waals surface area contributed by atoms with E-state index in [0.29, 0.717) is 12.4 Å². The van der Waals surface area contributed by atoms with Crippen molar-refractivity contribution in [3.05, 3.63) is 32.3 Å². The maximum atomic E-state index is 10.6. The van der Waals surface area contributed by atoms with Crippen molar-refractivity contribution in [1.82, 2.24) is 0 Å². The summed E-state index contributed by atoms with van der Waals surface area (Å²) >= 11 is 11.4. The molecule has 0 aliphatic rings. The molecule has 0 unspecified atom stereocenters. The summed E-state index contributed by atoms with van der Waals surface area (Å²) in [5, 5.41) is 10.5. The molecule has 1 aromatic rings. The minimum Gasteiger partial charge on any atom is -0.493 e. The smallest absolute Gasteiger partial charge is 0.306 e. The van der Waals surface area contributed by atoms with Gasteiger partial charge in [-0.05, 0) is 6.42 Å². The lowest BCUT2D eigenvalue weighted by atomic mass is 10.3. The zero-order valence-corrected chi connectivity index (χ0v) is 9.51. The standard InChI is InChI=1S/C9H9Cl2NO3/c1-2-3-15-6-4-7(10)9(12(13)14)8(11)5-6/h4-5H,2-3H2,1H3. The number of nitrogens with zero attached hydrogens (tertiary/aromatic N) is 1. The topological polar surface area (TPSA) is 52.4 Å². The van der Waals surface area contributed by atoms with Crippen LogP contribution in [-0.4, -0.2) is 11.5 Å². The van der Waals surface area contributed by atoms with Gasteiger partial charge in [0.1, 0.15) is 15.8 Å². The van der Waals surface area contributed by atoms with Crippen molar-refractivity contribution in [2.45, 2.75) is 13.3 Å². The number of hydrogen-bond donors (Lipinski definition) is 0. The van der Waals surface area contributed by atoms with Gasteiger partial charge in [-0.25, -0.2) is 0 Å². The van der Waals surface area contributed by atoms with Crippen LogP contribution in [0.4, 0.5) is 5.69 Å². The summed E-state index contributed by atoms with van der Waals surface area (Å²) < 4.78 is 5.26. The Morgan fingerprint density at radius 3 is 2.33 bits per heavy atom. The van der Waals surface area contributed by atoms with E-state index in [1.807, 2.05) is 6.92 Å². The van der Waals surface area contributed by atoms with E-state index in [9.17, 15) is 10.1 Å². The van der Waals surface area contributed by atoms with Gasteiger partial charge in [0.2, 0.25) is 0 Å². The molecule has 0 saturated carbocycles. The van der Waals surface area contributed by atoms with Gasteiger partial charge < -0.3 is 4.74 Å². The molecule has 1 aromatic carbocycles. The minimum atomic E-state index is -0.617. The Hall–Kier alpha value is -1.00. The zero-order chi connectivity index (χ0) is 11.4. The van der Waals surface area contributed by atoms with Gasteiger partial charge in [0.25, 0.3) is 0 Å². The summed E-state index contributed by atoms with van der Waals surface area (Å²) in [5.74, 6) is 0.442. The molecule has 0 atom stereocenters. The summed E-state index contributed by atoms with van der Waals surface area (Å²) in [6, 6.07) is 2.78. The average molecular weight is 250 g/mol. The van der Waals surface area contributed by atoms with Crippen LogP contribution >= 0.6 is 23.2 Å². The van der Waals surface area contributed by atoms with Gasteiger partial charge in [-0.3, -0.25) is 10.1 Å². The highest BCUT2D eigenvalue weighted by molar-refractivity contribution is 6.38. The molecule has 4 nitrogen and oxygen atoms in total. The lowest BCUT2D eigenvalue weighted by Gasteiger charge is -2.05. The highest BCUT2D eigenvalue weighted by Crippen LogP contribution is 2.36. The van der Waals surface area contributed by atoms with Gasteiger partial charge in [0.05, 0.1) is 11.5 Å². The van der Waals surface area contributed by atoms with Gasteiger partial charge in [-0.2, -0.15) is 0 Å². The second-order valence-electron chi connectivity index (χ2n) is 2.84. The van der Waals surface area contributed by atoms with E-state index in [-0.39, 0.29) is 15.7 Å². The van der Waals surface area contributed by atoms with Crippen LogP contribution in [0.25, 0.3) is 0 Å². The van der Waals surface area contributed by atoms with Gasteiger partial charge in [-0.15, -0.1) is 0 Å². The first-order valence-corrected chi connectivity index (χ1v) is 5.08. The van der Waals surface area contributed by atoms with E-state index >= 15 is 0 Å². The number of ether oxygens (including phenoxy) is 1. The molecule has 0 N–H and O–H groups in total. The van der Waals surface area contributed by atoms with Crippen LogP contribution in [0.5, 0.6) is 5.75 Å². The second-order valence-corrected chi connectivity index (χ2v) is 3.66. The Morgan fingerprint density at radius 1 is 1.40 bits per heavy atom. The molecule has 15 heavy (non-hydrogen) atoms. The lowest BCUT2D eigenvalue weighted by Crippen LogP contribution is -1.96. The predicted molar refractivity (Wildman–Crippen MR) is 58.9 cm³/mol. The second kappa shape index (κ2) is 5.19. The molecule has 6 heteroatoms. The Labute approximate surface area is 96.9 Å². The fourth-order valence-electron chi connectivity index (χ4n) is 1.02. The molecule has 0 bridgehead atoms. The molecule has 0 radical (unpaired) electrons. The molecule has 0 spiro atoms. The SMILES string of the molecule is CCCOc1cc(Cl)c([N+](=O)[O-])c(Cl)c1. The third-order valence-corrected chi connectivity index (χ3v) is 2.22. The Balaban J connectivity index is 3.03. The molecule has 0 saturated heterocycles. The molecule has 0 heterocycles. The Morgan fingerprint density at radius 2 is 1.93 bits per heavy atom. The zero-order valence-electron chi connectivity index (χ0n) is 8.00. The molecule has 0 aromatic heterocycles. The molecular formula is C9H9Cl2NO3. The normalized spacial score (nSPS) is 10.1. The van der Waals surface area contributed by atoms with Crippen LogP contribution in [0.2, 0.25) is 10.0 Å². The van der Waals surface area contributed by atoms with E-state index in [1.165, 1.54) is 12.1 Å². The van der Waals surface area contributed by atoms with Gasteiger partial charge >= 0.3 is 5.69 Å². The first-order valence-electron chi connectivity index (χ1n) is 4.32. The van der Waals surface area contributed by atoms with Gasteiger partial charge in [0.15, 0.2) is 0 Å². The molecule has 0 amide bonds. The third-order valence-electron chi connectivity index (χ3n) is 1.65. The number of rotatable bonds is 4. The van der Waals surface area contributed by atoms with Crippen molar-refractivity contribution in [2.24, 2.45) is 0 Å². The van der Waals surface area contributed by atoms with Crippen molar-refractivity contribution in [1.29, 1.82) is 0 Å². The first-order chi connectivity index (χ1) is 7.06. The molecular weight excluding hydrogens is 241 g/mol. The largest absolute Gasteiger partial charge is 0.493 e. The molecule has 0 aliphatic heterocycles. The number of nitro groups is 1. The highest BCUT2D eigenvalue weighted by atomic mass is 35.5. The van der Waals surface area contributed by atoms with E-state index < -0.39 is 4.92 Å². The molecule has 82 valence electrons. The van der Waals surface area contributed by atoms with E-state index in [0.717, 1.165) is 6.42 Å². The fourth-order valence-corrected chi connectivity index (χ4v) is 1.62. The summed E-state index contributed by atoms with van der Waals surface area (Å²) in [4.78, 5) is 9.95.